The fraction of sp³-hybridized carbons (Fsp3) is 0.286. The fourth-order valence-electron chi connectivity index (χ4n) is 2.98. The minimum Gasteiger partial charge on any atom is -0.410 e. The molecule has 2 aromatic carbocycles. The van der Waals surface area contributed by atoms with E-state index in [4.69, 9.17) is 0 Å². The molecule has 6 heteroatoms. The first kappa shape index (κ1) is 19.4. The standard InChI is InChI=1S/C21H26N2O3Si/c1-15(2)27(25,26)12-11-16-7-9-17(10-8-16)13-23-21(24)19-14-22-20-6-4-3-5-18(19)20/h3-10,14-15,22,25-26H,11-13H2,1-2H3,(H,23,24). The minimum absolute atomic E-state index is 0.0727. The summed E-state index contributed by atoms with van der Waals surface area (Å²) in [4.78, 5) is 35.7. The second-order valence-corrected chi connectivity index (χ2v) is 10.7. The van der Waals surface area contributed by atoms with Crippen LogP contribution in [0.25, 0.3) is 10.9 Å². The number of aryl methyl sites for hydroxylation is 1. The molecule has 0 aliphatic heterocycles. The van der Waals surface area contributed by atoms with Crippen LogP contribution in [0.1, 0.15) is 35.3 Å². The van der Waals surface area contributed by atoms with Gasteiger partial charge in [0.05, 0.1) is 5.56 Å². The van der Waals surface area contributed by atoms with E-state index in [9.17, 15) is 14.4 Å². The van der Waals surface area contributed by atoms with Crippen LogP contribution in [0.4, 0.5) is 0 Å². The quantitative estimate of drug-likeness (QED) is 0.472. The van der Waals surface area contributed by atoms with Gasteiger partial charge in [0.2, 0.25) is 0 Å². The van der Waals surface area contributed by atoms with E-state index in [1.54, 1.807) is 6.20 Å². The molecule has 3 rings (SSSR count). The fourth-order valence-corrected chi connectivity index (χ4v) is 4.21. The molecular formula is C21H26N2O3Si. The molecule has 3 aromatic rings. The number of aromatic nitrogens is 1. The van der Waals surface area contributed by atoms with E-state index in [2.05, 4.69) is 10.3 Å². The number of H-pyrrole nitrogens is 1. The van der Waals surface area contributed by atoms with Gasteiger partial charge in [0, 0.05) is 23.6 Å². The van der Waals surface area contributed by atoms with Crippen LogP contribution in [0, 0.1) is 0 Å². The number of hydrogen-bond acceptors (Lipinski definition) is 3. The second kappa shape index (κ2) is 8.08. The average molecular weight is 383 g/mol. The first-order valence-electron chi connectivity index (χ1n) is 9.23. The molecule has 0 spiro atoms. The number of para-hydroxylation sites is 1. The average Bonchev–Trinajstić information content (AvgIpc) is 3.09. The van der Waals surface area contributed by atoms with Crippen molar-refractivity contribution in [1.82, 2.24) is 10.3 Å². The molecule has 0 fully saturated rings. The Bertz CT molecular complexity index is 917. The number of carbonyl (C=O) groups is 1. The zero-order chi connectivity index (χ0) is 19.4. The molecule has 1 heterocycles. The molecule has 5 nitrogen and oxygen atoms in total. The highest BCUT2D eigenvalue weighted by atomic mass is 28.4. The Balaban J connectivity index is 1.56. The third kappa shape index (κ3) is 4.66. The third-order valence-electron chi connectivity index (χ3n) is 5.02. The summed E-state index contributed by atoms with van der Waals surface area (Å²) in [6.45, 7) is 4.15. The molecular weight excluding hydrogens is 356 g/mol. The topological polar surface area (TPSA) is 85.3 Å². The van der Waals surface area contributed by atoms with Crippen LogP contribution in [0.15, 0.2) is 54.7 Å². The zero-order valence-electron chi connectivity index (χ0n) is 15.7. The third-order valence-corrected chi connectivity index (χ3v) is 7.85. The Morgan fingerprint density at radius 3 is 2.44 bits per heavy atom. The van der Waals surface area contributed by atoms with Crippen molar-refractivity contribution in [3.05, 3.63) is 71.4 Å². The van der Waals surface area contributed by atoms with Gasteiger partial charge in [-0.2, -0.15) is 0 Å². The molecule has 0 radical (unpaired) electrons. The summed E-state index contributed by atoms with van der Waals surface area (Å²) in [6, 6.07) is 16.1. The van der Waals surface area contributed by atoms with Gasteiger partial charge in [-0.3, -0.25) is 4.79 Å². The highest BCUT2D eigenvalue weighted by Gasteiger charge is 2.32. The van der Waals surface area contributed by atoms with E-state index >= 15 is 0 Å². The monoisotopic (exact) mass is 382 g/mol. The predicted molar refractivity (Wildman–Crippen MR) is 110 cm³/mol. The number of nitrogens with one attached hydrogen (secondary N) is 2. The molecule has 27 heavy (non-hydrogen) atoms. The van der Waals surface area contributed by atoms with Crippen LogP contribution in [0.3, 0.4) is 0 Å². The summed E-state index contributed by atoms with van der Waals surface area (Å²) < 4.78 is 0. The molecule has 0 saturated carbocycles. The van der Waals surface area contributed by atoms with Gasteiger partial charge in [-0.05, 0) is 35.2 Å². The first-order chi connectivity index (χ1) is 12.9. The van der Waals surface area contributed by atoms with Gasteiger partial charge in [-0.15, -0.1) is 0 Å². The molecule has 0 aliphatic carbocycles. The summed E-state index contributed by atoms with van der Waals surface area (Å²) in [5.41, 5.74) is 3.59. The number of amides is 1. The first-order valence-corrected chi connectivity index (χ1v) is 11.4. The lowest BCUT2D eigenvalue weighted by atomic mass is 10.1. The number of aromatic amines is 1. The maximum atomic E-state index is 12.5. The van der Waals surface area contributed by atoms with Gasteiger partial charge in [0.1, 0.15) is 0 Å². The summed E-state index contributed by atoms with van der Waals surface area (Å²) in [7, 11) is -3.12. The predicted octanol–water partition coefficient (Wildman–Crippen LogP) is 3.48. The van der Waals surface area contributed by atoms with Gasteiger partial charge in [-0.25, -0.2) is 0 Å². The lowest BCUT2D eigenvalue weighted by molar-refractivity contribution is 0.0952. The second-order valence-electron chi connectivity index (χ2n) is 7.28. The maximum absolute atomic E-state index is 12.5. The highest BCUT2D eigenvalue weighted by molar-refractivity contribution is 6.66. The lowest BCUT2D eigenvalue weighted by Crippen LogP contribution is -2.38. The van der Waals surface area contributed by atoms with Crippen molar-refractivity contribution in [1.29, 1.82) is 0 Å². The van der Waals surface area contributed by atoms with Crippen molar-refractivity contribution in [3.8, 4) is 0 Å². The largest absolute Gasteiger partial charge is 0.410 e. The van der Waals surface area contributed by atoms with Crippen molar-refractivity contribution < 1.29 is 14.4 Å². The molecule has 1 amide bonds. The van der Waals surface area contributed by atoms with Crippen molar-refractivity contribution >= 4 is 25.4 Å². The Kier molecular flexibility index (Phi) is 5.79. The summed E-state index contributed by atoms with van der Waals surface area (Å²) in [5.74, 6) is -0.107. The van der Waals surface area contributed by atoms with Crippen LogP contribution in [-0.2, 0) is 13.0 Å². The molecule has 1 aromatic heterocycles. The van der Waals surface area contributed by atoms with Crippen LogP contribution in [0.2, 0.25) is 11.6 Å². The Morgan fingerprint density at radius 2 is 1.74 bits per heavy atom. The van der Waals surface area contributed by atoms with E-state index in [0.717, 1.165) is 22.0 Å². The summed E-state index contributed by atoms with van der Waals surface area (Å²) >= 11 is 0. The van der Waals surface area contributed by atoms with Crippen LogP contribution >= 0.6 is 0 Å². The molecule has 0 bridgehead atoms. The van der Waals surface area contributed by atoms with Crippen LogP contribution in [0.5, 0.6) is 0 Å². The van der Waals surface area contributed by atoms with E-state index < -0.39 is 8.56 Å². The molecule has 0 aliphatic rings. The number of hydrogen-bond donors (Lipinski definition) is 4. The Labute approximate surface area is 160 Å². The van der Waals surface area contributed by atoms with Crippen LogP contribution in [-0.4, -0.2) is 29.0 Å². The van der Waals surface area contributed by atoms with E-state index in [-0.39, 0.29) is 11.4 Å². The summed E-state index contributed by atoms with van der Waals surface area (Å²) in [5, 5.41) is 3.87. The molecule has 0 atom stereocenters. The minimum atomic E-state index is -3.12. The van der Waals surface area contributed by atoms with Gasteiger partial charge < -0.3 is 19.9 Å². The van der Waals surface area contributed by atoms with Gasteiger partial charge >= 0.3 is 8.56 Å². The Hall–Kier alpha value is -2.41. The van der Waals surface area contributed by atoms with Gasteiger partial charge in [-0.1, -0.05) is 56.3 Å². The number of rotatable bonds is 7. The SMILES string of the molecule is CC(C)[Si](O)(O)CCc1ccc(CNC(=O)c2c[nH]c3ccccc23)cc1. The van der Waals surface area contributed by atoms with Crippen LogP contribution < -0.4 is 5.32 Å². The lowest BCUT2D eigenvalue weighted by Gasteiger charge is -2.21. The highest BCUT2D eigenvalue weighted by Crippen LogP contribution is 2.21. The molecule has 4 N–H and O–H groups in total. The smallest absolute Gasteiger partial charge is 0.335 e. The normalized spacial score (nSPS) is 11.9. The molecule has 142 valence electrons. The summed E-state index contributed by atoms with van der Waals surface area (Å²) in [6.07, 6.45) is 2.39. The van der Waals surface area contributed by atoms with Crippen molar-refractivity contribution in [2.45, 2.75) is 38.4 Å². The number of benzene rings is 2. The zero-order valence-corrected chi connectivity index (χ0v) is 16.7. The van der Waals surface area contributed by atoms with Crippen molar-refractivity contribution in [2.75, 3.05) is 0 Å². The maximum Gasteiger partial charge on any atom is 0.335 e. The van der Waals surface area contributed by atoms with Crippen molar-refractivity contribution in [3.63, 3.8) is 0 Å². The molecule has 0 unspecified atom stereocenters. The van der Waals surface area contributed by atoms with E-state index in [1.165, 1.54) is 0 Å². The van der Waals surface area contributed by atoms with E-state index in [0.29, 0.717) is 24.6 Å². The van der Waals surface area contributed by atoms with Gasteiger partial charge in [0.25, 0.3) is 5.91 Å². The van der Waals surface area contributed by atoms with Gasteiger partial charge in [0.15, 0.2) is 0 Å². The van der Waals surface area contributed by atoms with E-state index in [1.807, 2.05) is 62.4 Å². The Morgan fingerprint density at radius 1 is 1.07 bits per heavy atom. The van der Waals surface area contributed by atoms with Crippen molar-refractivity contribution in [2.24, 2.45) is 0 Å². The molecule has 0 saturated heterocycles. The number of carbonyl (C=O) groups excluding carboxylic acids is 1. The number of fused-ring (bicyclic) bond motifs is 1.